The first-order valence-corrected chi connectivity index (χ1v) is 7.01. The number of amides is 1. The Kier molecular flexibility index (Phi) is 3.24. The van der Waals surface area contributed by atoms with Crippen molar-refractivity contribution >= 4 is 11.6 Å². The van der Waals surface area contributed by atoms with Crippen molar-refractivity contribution in [1.82, 2.24) is 10.6 Å². The highest BCUT2D eigenvalue weighted by Crippen LogP contribution is 2.30. The molecule has 0 bridgehead atoms. The fourth-order valence-electron chi connectivity index (χ4n) is 2.85. The lowest BCUT2D eigenvalue weighted by atomic mass is 9.85. The van der Waals surface area contributed by atoms with Crippen LogP contribution in [0.3, 0.4) is 0 Å². The molecule has 3 rings (SSSR count). The van der Waals surface area contributed by atoms with Gasteiger partial charge in [0.05, 0.1) is 0 Å². The monoisotopic (exact) mass is 251 g/mol. The van der Waals surface area contributed by atoms with Gasteiger partial charge in [-0.3, -0.25) is 4.79 Å². The Hall–Kier alpha value is -1.10. The summed E-state index contributed by atoms with van der Waals surface area (Å²) < 4.78 is 0. The van der Waals surface area contributed by atoms with E-state index in [1.54, 1.807) is 0 Å². The van der Waals surface area contributed by atoms with Crippen LogP contribution in [0.4, 0.5) is 0 Å². The van der Waals surface area contributed by atoms with E-state index < -0.39 is 0 Å². The Labute approximate surface area is 107 Å². The van der Waals surface area contributed by atoms with Crippen LogP contribution in [-0.4, -0.2) is 36.9 Å². The Bertz CT molecular complexity index is 357. The lowest BCUT2D eigenvalue weighted by Gasteiger charge is -2.31. The average molecular weight is 251 g/mol. The van der Waals surface area contributed by atoms with Gasteiger partial charge >= 0.3 is 0 Å². The fraction of sp³-hybridized carbons (Fsp3) is 0.846. The van der Waals surface area contributed by atoms with E-state index in [-0.39, 0.29) is 11.5 Å². The summed E-state index contributed by atoms with van der Waals surface area (Å²) in [6, 6.07) is 0. The summed E-state index contributed by atoms with van der Waals surface area (Å²) >= 11 is 0. The Balaban J connectivity index is 1.49. The normalized spacial score (nSPS) is 31.7. The average Bonchev–Trinajstić information content (AvgIpc) is 2.72. The minimum Gasteiger partial charge on any atom is -0.387 e. The lowest BCUT2D eigenvalue weighted by molar-refractivity contribution is -0.115. The van der Waals surface area contributed by atoms with Gasteiger partial charge < -0.3 is 15.5 Å². The van der Waals surface area contributed by atoms with Crippen molar-refractivity contribution in [2.45, 2.75) is 44.1 Å². The molecule has 1 amide bonds. The molecule has 0 aromatic rings. The molecule has 3 aliphatic rings. The zero-order valence-corrected chi connectivity index (χ0v) is 10.7. The molecule has 5 nitrogen and oxygen atoms in total. The summed E-state index contributed by atoms with van der Waals surface area (Å²) in [7, 11) is 0. The summed E-state index contributed by atoms with van der Waals surface area (Å²) in [6.07, 6.45) is 6.53. The van der Waals surface area contributed by atoms with Crippen molar-refractivity contribution in [3.63, 3.8) is 0 Å². The largest absolute Gasteiger partial charge is 0.387 e. The van der Waals surface area contributed by atoms with Crippen molar-refractivity contribution in [1.29, 1.82) is 0 Å². The van der Waals surface area contributed by atoms with Crippen molar-refractivity contribution in [2.75, 3.05) is 19.6 Å². The van der Waals surface area contributed by atoms with Crippen LogP contribution in [0.5, 0.6) is 0 Å². The maximum atomic E-state index is 12.0. The van der Waals surface area contributed by atoms with E-state index in [0.29, 0.717) is 18.1 Å². The molecule has 1 aliphatic carbocycles. The van der Waals surface area contributed by atoms with E-state index in [1.807, 2.05) is 0 Å². The minimum atomic E-state index is -0.249. The van der Waals surface area contributed by atoms with Gasteiger partial charge in [0.2, 0.25) is 0 Å². The van der Waals surface area contributed by atoms with Gasteiger partial charge in [-0.1, -0.05) is 11.6 Å². The molecule has 2 aliphatic heterocycles. The van der Waals surface area contributed by atoms with Gasteiger partial charge in [0.15, 0.2) is 5.60 Å². The van der Waals surface area contributed by atoms with Gasteiger partial charge in [-0.2, -0.15) is 0 Å². The second kappa shape index (κ2) is 4.88. The molecule has 1 spiro atoms. The minimum absolute atomic E-state index is 0.0376. The number of carbonyl (C=O) groups excluding carboxylic acids is 1. The van der Waals surface area contributed by atoms with Gasteiger partial charge in [-0.05, 0) is 38.1 Å². The van der Waals surface area contributed by atoms with Gasteiger partial charge in [-0.15, -0.1) is 0 Å². The van der Waals surface area contributed by atoms with Crippen LogP contribution in [0.25, 0.3) is 0 Å². The predicted octanol–water partition coefficient (Wildman–Crippen LogP) is 0.801. The maximum Gasteiger partial charge on any atom is 0.269 e. The van der Waals surface area contributed by atoms with Crippen molar-refractivity contribution in [2.24, 2.45) is 11.1 Å². The molecule has 18 heavy (non-hydrogen) atoms. The summed E-state index contributed by atoms with van der Waals surface area (Å²) in [6.45, 7) is 2.63. The lowest BCUT2D eigenvalue weighted by Crippen LogP contribution is -2.46. The number of oxime groups is 1. The molecule has 5 heteroatoms. The van der Waals surface area contributed by atoms with E-state index in [9.17, 15) is 4.79 Å². The number of nitrogens with zero attached hydrogens (tertiary/aromatic N) is 1. The third-order valence-electron chi connectivity index (χ3n) is 4.31. The first-order chi connectivity index (χ1) is 8.77. The molecule has 0 aromatic heterocycles. The summed E-state index contributed by atoms with van der Waals surface area (Å²) in [4.78, 5) is 17.5. The number of hydrogen-bond donors (Lipinski definition) is 2. The third-order valence-corrected chi connectivity index (χ3v) is 4.31. The second-order valence-corrected chi connectivity index (χ2v) is 5.78. The van der Waals surface area contributed by atoms with Crippen LogP contribution in [0, 0.1) is 5.92 Å². The molecule has 0 aromatic carbocycles. The van der Waals surface area contributed by atoms with Crippen LogP contribution in [-0.2, 0) is 9.63 Å². The zero-order valence-electron chi connectivity index (χ0n) is 10.7. The molecule has 0 radical (unpaired) electrons. The summed E-state index contributed by atoms with van der Waals surface area (Å²) in [5.74, 6) is 0.645. The molecule has 1 saturated heterocycles. The van der Waals surface area contributed by atoms with E-state index >= 15 is 0 Å². The quantitative estimate of drug-likeness (QED) is 0.780. The van der Waals surface area contributed by atoms with Crippen LogP contribution >= 0.6 is 0 Å². The topological polar surface area (TPSA) is 62.7 Å². The molecule has 100 valence electrons. The first kappa shape index (κ1) is 12.0. The Morgan fingerprint density at radius 3 is 3.06 bits per heavy atom. The van der Waals surface area contributed by atoms with Crippen molar-refractivity contribution < 1.29 is 9.63 Å². The highest BCUT2D eigenvalue weighted by atomic mass is 16.7. The highest BCUT2D eigenvalue weighted by Gasteiger charge is 2.42. The first-order valence-electron chi connectivity index (χ1n) is 7.01. The number of rotatable bonds is 3. The van der Waals surface area contributed by atoms with E-state index in [2.05, 4.69) is 15.8 Å². The molecular formula is C13H21N3O2. The highest BCUT2D eigenvalue weighted by molar-refractivity contribution is 6.39. The van der Waals surface area contributed by atoms with Crippen LogP contribution in [0.1, 0.15) is 38.5 Å². The Morgan fingerprint density at radius 2 is 2.39 bits per heavy atom. The molecule has 2 heterocycles. The Morgan fingerprint density at radius 1 is 1.50 bits per heavy atom. The van der Waals surface area contributed by atoms with E-state index in [4.69, 9.17) is 4.84 Å². The van der Waals surface area contributed by atoms with E-state index in [0.717, 1.165) is 32.5 Å². The fourth-order valence-corrected chi connectivity index (χ4v) is 2.85. The number of hydrogen-bond acceptors (Lipinski definition) is 4. The van der Waals surface area contributed by atoms with Gasteiger partial charge in [0.1, 0.15) is 5.71 Å². The van der Waals surface area contributed by atoms with Gasteiger partial charge in [0, 0.05) is 19.5 Å². The molecule has 1 atom stereocenters. The van der Waals surface area contributed by atoms with Crippen molar-refractivity contribution in [3.05, 3.63) is 0 Å². The second-order valence-electron chi connectivity index (χ2n) is 5.78. The molecule has 0 unspecified atom stereocenters. The number of carbonyl (C=O) groups is 1. The van der Waals surface area contributed by atoms with Crippen LogP contribution in [0.15, 0.2) is 5.16 Å². The number of piperidine rings is 1. The number of nitrogens with one attached hydrogen (secondary N) is 2. The third kappa shape index (κ3) is 2.36. The smallest absolute Gasteiger partial charge is 0.269 e. The SMILES string of the molecule is O=C(NCC1CCC1)C1=NO[C@@]2(CCCNC2)C1. The zero-order chi connectivity index (χ0) is 12.4. The molecular weight excluding hydrogens is 230 g/mol. The summed E-state index contributed by atoms with van der Waals surface area (Å²) in [5.41, 5.74) is 0.319. The maximum absolute atomic E-state index is 12.0. The van der Waals surface area contributed by atoms with E-state index in [1.165, 1.54) is 19.3 Å². The predicted molar refractivity (Wildman–Crippen MR) is 68.3 cm³/mol. The van der Waals surface area contributed by atoms with Gasteiger partial charge in [-0.25, -0.2) is 0 Å². The molecule has 2 N–H and O–H groups in total. The van der Waals surface area contributed by atoms with Crippen LogP contribution in [0.2, 0.25) is 0 Å². The van der Waals surface area contributed by atoms with Gasteiger partial charge in [0.25, 0.3) is 5.91 Å². The standard InChI is InChI=1S/C13H21N3O2/c17-12(15-8-10-3-1-4-10)11-7-13(18-16-11)5-2-6-14-9-13/h10,14H,1-9H2,(H,15,17)/t13-/m0/s1. The molecule has 1 saturated carbocycles. The summed E-state index contributed by atoms with van der Waals surface area (Å²) in [5, 5.41) is 10.3. The van der Waals surface area contributed by atoms with Crippen molar-refractivity contribution in [3.8, 4) is 0 Å². The molecule has 2 fully saturated rings. The van der Waals surface area contributed by atoms with Crippen LogP contribution < -0.4 is 10.6 Å².